The van der Waals surface area contributed by atoms with Gasteiger partial charge in [-0.25, -0.2) is 5.69 Å². The van der Waals surface area contributed by atoms with Crippen LogP contribution in [0.1, 0.15) is 28.3 Å². The fourth-order valence-corrected chi connectivity index (χ4v) is 3.63. The van der Waals surface area contributed by atoms with Crippen LogP contribution in [0.2, 0.25) is 0 Å². The Morgan fingerprint density at radius 1 is 1.08 bits per heavy atom. The molecule has 0 radical (unpaired) electrons. The molecule has 0 unspecified atom stereocenters. The van der Waals surface area contributed by atoms with Crippen molar-refractivity contribution in [3.8, 4) is 17.2 Å². The van der Waals surface area contributed by atoms with Crippen LogP contribution < -0.4 is 61.8 Å². The van der Waals surface area contributed by atoms with Crippen LogP contribution in [0.15, 0.2) is 39.6 Å². The Kier molecular flexibility index (Phi) is 9.45. The van der Waals surface area contributed by atoms with Crippen molar-refractivity contribution in [1.82, 2.24) is 24.9 Å². The fourth-order valence-electron chi connectivity index (χ4n) is 3.63. The van der Waals surface area contributed by atoms with Gasteiger partial charge in [0.2, 0.25) is 5.95 Å². The zero-order chi connectivity index (χ0) is 25.1. The number of H-pyrrole nitrogens is 1. The molecule has 3 aromatic heterocycles. The maximum absolute atomic E-state index is 12.6. The Bertz CT molecular complexity index is 1370. The summed E-state index contributed by atoms with van der Waals surface area (Å²) in [6.07, 6.45) is 0. The Morgan fingerprint density at radius 3 is 2.39 bits per heavy atom. The van der Waals surface area contributed by atoms with E-state index in [-0.39, 0.29) is 62.9 Å². The van der Waals surface area contributed by atoms with Crippen molar-refractivity contribution in [2.75, 3.05) is 31.2 Å². The molecule has 0 atom stereocenters. The molecule has 1 aliphatic heterocycles. The summed E-state index contributed by atoms with van der Waals surface area (Å²) < 4.78 is 11.4. The molecule has 4 aromatic rings. The number of aromatic nitrogens is 5. The summed E-state index contributed by atoms with van der Waals surface area (Å²) in [6, 6.07) is 9.49. The van der Waals surface area contributed by atoms with Crippen LogP contribution in [0.4, 0.5) is 11.5 Å². The summed E-state index contributed by atoms with van der Waals surface area (Å²) in [4.78, 5) is 23.6. The van der Waals surface area contributed by atoms with Gasteiger partial charge in [0.1, 0.15) is 5.76 Å². The first kappa shape index (κ1) is 28.0. The molecule has 11 heteroatoms. The third kappa shape index (κ3) is 6.23. The van der Waals surface area contributed by atoms with Crippen molar-refractivity contribution in [3.63, 3.8) is 0 Å². The molecule has 4 heterocycles. The zero-order valence-corrected chi connectivity index (χ0v) is 24.2. The number of aryl methyl sites for hydroxylation is 3. The smallest absolute Gasteiger partial charge is 0.694 e. The summed E-state index contributed by atoms with van der Waals surface area (Å²) in [6.45, 7) is 16.2. The molecule has 184 valence electrons. The van der Waals surface area contributed by atoms with E-state index in [2.05, 4.69) is 43.5 Å². The molecular weight excluding hydrogens is 485 g/mol. The van der Waals surface area contributed by atoms with Gasteiger partial charge in [0.05, 0.1) is 24.6 Å². The molecule has 0 bridgehead atoms. The largest absolute Gasteiger partial charge is 1.00 e. The third-order valence-corrected chi connectivity index (χ3v) is 5.65. The molecule has 1 fully saturated rings. The standard InChI is InChI=1S/C20H21N5O2.C5H7N2O.K/c1-13-5-4-6-16(11-13)17-12-18(26)25(23-17)20-21-15(3)14(2)19(22-20)24-7-9-27-10-8-24;1-3-5(6)4(2)8-7-3;/h4-6,11-12,23H,2-3,7-10H2,1H3;6H,1-2H3;/q-2;-1;+1. The van der Waals surface area contributed by atoms with E-state index < -0.39 is 0 Å². The second-order valence-electron chi connectivity index (χ2n) is 8.28. The van der Waals surface area contributed by atoms with Gasteiger partial charge >= 0.3 is 51.4 Å². The molecule has 0 spiro atoms. The zero-order valence-electron chi connectivity index (χ0n) is 21.1. The Hall–Kier alpha value is -2.54. The van der Waals surface area contributed by atoms with Crippen molar-refractivity contribution in [2.45, 2.75) is 20.8 Å². The molecule has 1 aliphatic rings. The van der Waals surface area contributed by atoms with Crippen molar-refractivity contribution in [1.29, 1.82) is 0 Å². The fraction of sp³-hybridized carbons (Fsp3) is 0.280. The average Bonchev–Trinajstić information content (AvgIpc) is 3.38. The average molecular weight is 514 g/mol. The van der Waals surface area contributed by atoms with Crippen LogP contribution in [-0.4, -0.2) is 51.2 Å². The van der Waals surface area contributed by atoms with Gasteiger partial charge in [-0.05, 0) is 32.4 Å². The molecule has 1 aromatic carbocycles. The van der Waals surface area contributed by atoms with Gasteiger partial charge in [0, 0.05) is 19.2 Å². The SMILES string of the molecule is Cc1noc(C)c1[NH-].[CH2-]c1nc(-n2[nH]c(-c3cccc(C)c3)cc2=O)nc(N2CCOCC2)c1[CH2-].[K+]. The van der Waals surface area contributed by atoms with Crippen LogP contribution in [0, 0.1) is 34.6 Å². The number of ether oxygens (including phenoxy) is 1. The predicted molar refractivity (Wildman–Crippen MR) is 134 cm³/mol. The van der Waals surface area contributed by atoms with Crippen LogP contribution in [0.25, 0.3) is 22.9 Å². The topological polar surface area (TPSA) is 126 Å². The minimum atomic E-state index is -0.226. The first-order chi connectivity index (χ1) is 16.7. The van der Waals surface area contributed by atoms with Crippen molar-refractivity contribution < 1.29 is 60.6 Å². The number of nitrogens with zero attached hydrogens (tertiary/aromatic N) is 5. The first-order valence-electron chi connectivity index (χ1n) is 11.2. The van der Waals surface area contributed by atoms with E-state index in [4.69, 9.17) is 10.5 Å². The quantitative estimate of drug-likeness (QED) is 0.321. The van der Waals surface area contributed by atoms with Crippen LogP contribution >= 0.6 is 0 Å². The van der Waals surface area contributed by atoms with E-state index in [1.54, 1.807) is 19.9 Å². The molecule has 0 aliphatic carbocycles. The molecule has 0 amide bonds. The van der Waals surface area contributed by atoms with E-state index in [0.29, 0.717) is 66.2 Å². The minimum Gasteiger partial charge on any atom is -0.694 e. The maximum atomic E-state index is 12.6. The summed E-state index contributed by atoms with van der Waals surface area (Å²) in [5.41, 5.74) is 11.9. The number of hydrogen-bond donors (Lipinski definition) is 1. The van der Waals surface area contributed by atoms with Gasteiger partial charge < -0.3 is 24.9 Å². The van der Waals surface area contributed by atoms with Gasteiger partial charge in [-0.2, -0.15) is 4.68 Å². The number of nitrogens with one attached hydrogen (secondary N) is 2. The van der Waals surface area contributed by atoms with Gasteiger partial charge in [-0.15, -0.1) is 0 Å². The van der Waals surface area contributed by atoms with Crippen LogP contribution in [-0.2, 0) is 4.74 Å². The molecule has 1 saturated heterocycles. The normalized spacial score (nSPS) is 13.0. The Morgan fingerprint density at radius 2 is 1.81 bits per heavy atom. The van der Waals surface area contributed by atoms with Crippen molar-refractivity contribution in [2.24, 2.45) is 0 Å². The minimum absolute atomic E-state index is 0. The number of aromatic amines is 1. The van der Waals surface area contributed by atoms with Crippen LogP contribution in [0.3, 0.4) is 0 Å². The Balaban J connectivity index is 0.000000344. The first-order valence-corrected chi connectivity index (χ1v) is 11.2. The van der Waals surface area contributed by atoms with E-state index >= 15 is 0 Å². The Labute approximate surface area is 252 Å². The molecule has 0 saturated carbocycles. The van der Waals surface area contributed by atoms with Crippen molar-refractivity contribution in [3.05, 3.63) is 88.5 Å². The molecule has 36 heavy (non-hydrogen) atoms. The van der Waals surface area contributed by atoms with Crippen molar-refractivity contribution >= 4 is 11.5 Å². The van der Waals surface area contributed by atoms with E-state index in [1.807, 2.05) is 31.2 Å². The van der Waals surface area contributed by atoms with Gasteiger partial charge in [0.15, 0.2) is 0 Å². The number of hydrogen-bond acceptors (Lipinski definition) is 7. The number of morpholine rings is 1. The van der Waals surface area contributed by atoms with E-state index in [0.717, 1.165) is 11.1 Å². The summed E-state index contributed by atoms with van der Waals surface area (Å²) in [5.74, 6) is 1.53. The number of rotatable bonds is 3. The van der Waals surface area contributed by atoms with E-state index in [9.17, 15) is 4.79 Å². The molecular formula is C25H28KN7O3-2. The molecule has 2 N–H and O–H groups in total. The maximum Gasteiger partial charge on any atom is 1.00 e. The number of benzene rings is 1. The summed E-state index contributed by atoms with van der Waals surface area (Å²) >= 11 is 0. The van der Waals surface area contributed by atoms with Gasteiger partial charge in [-0.1, -0.05) is 40.4 Å². The second kappa shape index (κ2) is 12.1. The van der Waals surface area contributed by atoms with Gasteiger partial charge in [0.25, 0.3) is 5.56 Å². The summed E-state index contributed by atoms with van der Waals surface area (Å²) in [5, 5.41) is 6.66. The van der Waals surface area contributed by atoms with Crippen LogP contribution in [0.5, 0.6) is 0 Å². The second-order valence-corrected chi connectivity index (χ2v) is 8.28. The van der Waals surface area contributed by atoms with E-state index in [1.165, 1.54) is 4.68 Å². The predicted octanol–water partition coefficient (Wildman–Crippen LogP) is 1.11. The monoisotopic (exact) mass is 513 g/mol. The summed E-state index contributed by atoms with van der Waals surface area (Å²) in [7, 11) is 0. The molecule has 5 rings (SSSR count). The molecule has 10 nitrogen and oxygen atoms in total. The number of anilines is 1. The van der Waals surface area contributed by atoms with Gasteiger partial charge in [-0.3, -0.25) is 34.3 Å². The third-order valence-electron chi connectivity index (χ3n) is 5.65.